The van der Waals surface area contributed by atoms with Crippen LogP contribution in [0.1, 0.15) is 31.7 Å². The molecule has 4 nitrogen and oxygen atoms in total. The summed E-state index contributed by atoms with van der Waals surface area (Å²) >= 11 is 0. The van der Waals surface area contributed by atoms with Crippen LogP contribution in [-0.4, -0.2) is 16.1 Å². The van der Waals surface area contributed by atoms with Crippen molar-refractivity contribution in [2.45, 2.75) is 45.6 Å². The maximum absolute atomic E-state index is 12.4. The van der Waals surface area contributed by atoms with Crippen LogP contribution in [0.25, 0.3) is 11.1 Å². The third-order valence-electron chi connectivity index (χ3n) is 3.39. The first kappa shape index (κ1) is 20.3. The van der Waals surface area contributed by atoms with E-state index in [4.69, 9.17) is 5.73 Å². The van der Waals surface area contributed by atoms with Gasteiger partial charge in [0.2, 0.25) is 0 Å². The normalized spacial score (nSPS) is 11.2. The first-order valence-corrected chi connectivity index (χ1v) is 7.54. The number of alkyl halides is 3. The highest BCUT2D eigenvalue weighted by Crippen LogP contribution is 2.29. The molecule has 134 valence electrons. The summed E-state index contributed by atoms with van der Waals surface area (Å²) in [6.07, 6.45) is 1.98. The van der Waals surface area contributed by atoms with Gasteiger partial charge in [-0.15, -0.1) is 25.6 Å². The number of nitrogens with zero attached hydrogens (tertiary/aromatic N) is 2. The Bertz CT molecular complexity index is 644. The maximum atomic E-state index is 12.4. The summed E-state index contributed by atoms with van der Waals surface area (Å²) in [6, 6.07) is 4.39. The maximum Gasteiger partial charge on any atom is 0.573 e. The molecule has 1 aromatic carbocycles. The molecule has 0 bridgehead atoms. The minimum absolute atomic E-state index is 0. The van der Waals surface area contributed by atoms with Gasteiger partial charge in [0, 0.05) is 24.8 Å². The first-order valence-electron chi connectivity index (χ1n) is 7.54. The van der Waals surface area contributed by atoms with Gasteiger partial charge in [0.1, 0.15) is 5.75 Å². The molecule has 1 heterocycles. The average molecular weight is 364 g/mol. The zero-order valence-electron chi connectivity index (χ0n) is 13.3. The predicted molar refractivity (Wildman–Crippen MR) is 89.0 cm³/mol. The van der Waals surface area contributed by atoms with Crippen LogP contribution in [0.2, 0.25) is 0 Å². The second kappa shape index (κ2) is 8.94. The largest absolute Gasteiger partial charge is 0.573 e. The Morgan fingerprint density at radius 2 is 1.92 bits per heavy atom. The van der Waals surface area contributed by atoms with Crippen molar-refractivity contribution in [3.63, 3.8) is 0 Å². The van der Waals surface area contributed by atoms with Gasteiger partial charge in [0.15, 0.2) is 0 Å². The van der Waals surface area contributed by atoms with Crippen LogP contribution in [0, 0.1) is 0 Å². The fourth-order valence-electron chi connectivity index (χ4n) is 2.30. The molecule has 0 aliphatic carbocycles. The van der Waals surface area contributed by atoms with Gasteiger partial charge in [-0.25, -0.2) is 0 Å². The molecule has 2 rings (SSSR count). The highest BCUT2D eigenvalue weighted by atomic mass is 35.5. The Kier molecular flexibility index (Phi) is 7.57. The lowest BCUT2D eigenvalue weighted by atomic mass is 10.1. The summed E-state index contributed by atoms with van der Waals surface area (Å²) in [4.78, 5) is 0. The summed E-state index contributed by atoms with van der Waals surface area (Å²) < 4.78 is 43.1. The number of unbranched alkanes of at least 4 members (excludes halogenated alkanes) is 2. The fraction of sp³-hybridized carbons (Fsp3) is 0.438. The summed E-state index contributed by atoms with van der Waals surface area (Å²) in [6.45, 7) is 3.04. The summed E-state index contributed by atoms with van der Waals surface area (Å²) in [5.74, 6) is -0.269. The van der Waals surface area contributed by atoms with Crippen LogP contribution in [0.4, 0.5) is 13.2 Å². The fourth-order valence-corrected chi connectivity index (χ4v) is 2.30. The third-order valence-corrected chi connectivity index (χ3v) is 3.39. The molecule has 0 saturated heterocycles. The molecule has 0 aliphatic rings. The minimum atomic E-state index is -4.73. The Hall–Kier alpha value is -1.73. The van der Waals surface area contributed by atoms with Crippen molar-refractivity contribution in [2.24, 2.45) is 5.73 Å². The molecule has 0 radical (unpaired) electrons. The lowest BCUT2D eigenvalue weighted by Crippen LogP contribution is -2.17. The zero-order valence-corrected chi connectivity index (χ0v) is 14.2. The highest BCUT2D eigenvalue weighted by Gasteiger charge is 2.31. The van der Waals surface area contributed by atoms with Gasteiger partial charge in [-0.3, -0.25) is 4.68 Å². The Morgan fingerprint density at radius 1 is 1.17 bits per heavy atom. The number of benzene rings is 1. The molecule has 0 amide bonds. The lowest BCUT2D eigenvalue weighted by molar-refractivity contribution is -0.274. The number of aryl methyl sites for hydroxylation is 1. The van der Waals surface area contributed by atoms with E-state index < -0.39 is 6.36 Å². The molecule has 8 heteroatoms. The van der Waals surface area contributed by atoms with Gasteiger partial charge in [-0.2, -0.15) is 5.10 Å². The van der Waals surface area contributed by atoms with Crippen molar-refractivity contribution in [3.05, 3.63) is 36.2 Å². The van der Waals surface area contributed by atoms with Crippen molar-refractivity contribution in [2.75, 3.05) is 0 Å². The number of nitrogens with two attached hydrogens (primary N) is 1. The molecular formula is C16H21ClF3N3O. The van der Waals surface area contributed by atoms with E-state index in [1.807, 2.05) is 6.20 Å². The Labute approximate surface area is 145 Å². The quantitative estimate of drug-likeness (QED) is 0.736. The summed E-state index contributed by atoms with van der Waals surface area (Å²) in [5, 5.41) is 4.25. The topological polar surface area (TPSA) is 53.1 Å². The van der Waals surface area contributed by atoms with Crippen molar-refractivity contribution in [1.29, 1.82) is 0 Å². The van der Waals surface area contributed by atoms with E-state index in [1.165, 1.54) is 12.1 Å². The van der Waals surface area contributed by atoms with E-state index in [0.29, 0.717) is 11.1 Å². The number of aromatic nitrogens is 2. The smallest absolute Gasteiger partial charge is 0.406 e. The SMILES string of the molecule is CCCCCn1cc(-c2cc(CN)cc(OC(F)(F)F)c2)cn1.Cl. The van der Waals surface area contributed by atoms with E-state index in [9.17, 15) is 13.2 Å². The van der Waals surface area contributed by atoms with Crippen LogP contribution in [-0.2, 0) is 13.1 Å². The van der Waals surface area contributed by atoms with Gasteiger partial charge < -0.3 is 10.5 Å². The summed E-state index contributed by atoms with van der Waals surface area (Å²) in [5.41, 5.74) is 7.47. The van der Waals surface area contributed by atoms with Gasteiger partial charge >= 0.3 is 6.36 Å². The predicted octanol–water partition coefficient (Wildman–Crippen LogP) is 4.52. The highest BCUT2D eigenvalue weighted by molar-refractivity contribution is 5.85. The van der Waals surface area contributed by atoms with Crippen LogP contribution < -0.4 is 10.5 Å². The Morgan fingerprint density at radius 3 is 2.54 bits per heavy atom. The van der Waals surface area contributed by atoms with Gasteiger partial charge in [0.25, 0.3) is 0 Å². The molecule has 0 fully saturated rings. The van der Waals surface area contributed by atoms with E-state index in [-0.39, 0.29) is 24.7 Å². The number of hydrogen-bond donors (Lipinski definition) is 1. The molecule has 24 heavy (non-hydrogen) atoms. The summed E-state index contributed by atoms with van der Waals surface area (Å²) in [7, 11) is 0. The monoisotopic (exact) mass is 363 g/mol. The van der Waals surface area contributed by atoms with Gasteiger partial charge in [-0.05, 0) is 35.7 Å². The number of ether oxygens (including phenoxy) is 1. The lowest BCUT2D eigenvalue weighted by Gasteiger charge is -2.11. The molecule has 0 spiro atoms. The first-order chi connectivity index (χ1) is 10.9. The number of rotatable bonds is 7. The Balaban J connectivity index is 0.00000288. The van der Waals surface area contributed by atoms with Crippen LogP contribution in [0.5, 0.6) is 5.75 Å². The number of halogens is 4. The second-order valence-corrected chi connectivity index (χ2v) is 5.32. The van der Waals surface area contributed by atoms with E-state index in [0.717, 1.165) is 31.4 Å². The second-order valence-electron chi connectivity index (χ2n) is 5.32. The van der Waals surface area contributed by atoms with Gasteiger partial charge in [-0.1, -0.05) is 19.8 Å². The zero-order chi connectivity index (χ0) is 16.9. The van der Waals surface area contributed by atoms with Crippen LogP contribution in [0.15, 0.2) is 30.6 Å². The molecule has 0 aliphatic heterocycles. The molecule has 2 N–H and O–H groups in total. The van der Waals surface area contributed by atoms with E-state index in [1.54, 1.807) is 16.9 Å². The van der Waals surface area contributed by atoms with Crippen LogP contribution >= 0.6 is 12.4 Å². The standard InChI is InChI=1S/C16H20F3N3O.ClH/c1-2-3-4-5-22-11-14(10-21-22)13-6-12(9-20)7-15(8-13)23-16(17,18)19;/h6-8,10-11H,2-5,9,20H2,1H3;1H. The van der Waals surface area contributed by atoms with Crippen molar-refractivity contribution < 1.29 is 17.9 Å². The van der Waals surface area contributed by atoms with Gasteiger partial charge in [0.05, 0.1) is 6.20 Å². The third kappa shape index (κ3) is 6.05. The average Bonchev–Trinajstić information content (AvgIpc) is 2.94. The van der Waals surface area contributed by atoms with E-state index in [2.05, 4.69) is 16.8 Å². The van der Waals surface area contributed by atoms with Crippen molar-refractivity contribution in [3.8, 4) is 16.9 Å². The molecule has 0 atom stereocenters. The van der Waals surface area contributed by atoms with Crippen LogP contribution in [0.3, 0.4) is 0 Å². The van der Waals surface area contributed by atoms with E-state index >= 15 is 0 Å². The molecule has 1 aromatic heterocycles. The molecular weight excluding hydrogens is 343 g/mol. The van der Waals surface area contributed by atoms with Crippen molar-refractivity contribution >= 4 is 12.4 Å². The molecule has 2 aromatic rings. The minimum Gasteiger partial charge on any atom is -0.406 e. The number of hydrogen-bond acceptors (Lipinski definition) is 3. The van der Waals surface area contributed by atoms with Crippen molar-refractivity contribution in [1.82, 2.24) is 9.78 Å². The molecule has 0 unspecified atom stereocenters. The molecule has 0 saturated carbocycles.